The first-order valence-corrected chi connectivity index (χ1v) is 14.3. The van der Waals surface area contributed by atoms with E-state index in [-0.39, 0.29) is 28.9 Å². The quantitative estimate of drug-likeness (QED) is 0.238. The number of hydrogen-bond donors (Lipinski definition) is 5. The number of aliphatic hydroxyl groups is 4. The van der Waals surface area contributed by atoms with E-state index in [4.69, 9.17) is 0 Å². The molecule has 206 valence electrons. The lowest BCUT2D eigenvalue weighted by molar-refractivity contribution is -0.0709. The lowest BCUT2D eigenvalue weighted by Gasteiger charge is -2.56. The maximum absolute atomic E-state index is 13.8. The van der Waals surface area contributed by atoms with E-state index in [0.717, 1.165) is 23.3 Å². The van der Waals surface area contributed by atoms with Crippen molar-refractivity contribution in [3.63, 3.8) is 0 Å². The van der Waals surface area contributed by atoms with Gasteiger partial charge in [-0.1, -0.05) is 36.4 Å². The number of aliphatic hydroxyl groups excluding tert-OH is 3. The van der Waals surface area contributed by atoms with Gasteiger partial charge in [0.25, 0.3) is 0 Å². The fourth-order valence-corrected chi connectivity index (χ4v) is 10.0. The Labute approximate surface area is 221 Å². The monoisotopic (exact) mass is 551 g/mol. The highest BCUT2D eigenvalue weighted by atomic mass is 32.2. The molecule has 1 aliphatic heterocycles. The number of rotatable bonds is 6. The topological polar surface area (TPSA) is 112 Å². The van der Waals surface area contributed by atoms with Crippen molar-refractivity contribution in [2.45, 2.75) is 61.0 Å². The van der Waals surface area contributed by atoms with Gasteiger partial charge >= 0.3 is 0 Å². The molecule has 3 aromatic rings. The smallest absolute Gasteiger partial charge is 0.194 e. The van der Waals surface area contributed by atoms with Gasteiger partial charge in [-0.05, 0) is 48.9 Å². The highest BCUT2D eigenvalue weighted by molar-refractivity contribution is 8.18. The van der Waals surface area contributed by atoms with E-state index in [0.29, 0.717) is 18.8 Å². The molecule has 2 heterocycles. The summed E-state index contributed by atoms with van der Waals surface area (Å²) in [5, 5.41) is 51.8. The number of halogens is 3. The van der Waals surface area contributed by atoms with Gasteiger partial charge < -0.3 is 20.4 Å². The van der Waals surface area contributed by atoms with Gasteiger partial charge in [-0.2, -0.15) is 0 Å². The molecular weight excluding hydrogens is 519 g/mol. The summed E-state index contributed by atoms with van der Waals surface area (Å²) < 4.78 is 42.1. The minimum atomic E-state index is -1.59. The summed E-state index contributed by atoms with van der Waals surface area (Å²) in [4.78, 5) is 0. The van der Waals surface area contributed by atoms with Crippen LogP contribution in [0.5, 0.6) is 0 Å². The first-order valence-electron chi connectivity index (χ1n) is 12.6. The second kappa shape index (κ2) is 10.3. The number of aryl methyl sites for hydroxylation is 1. The molecule has 38 heavy (non-hydrogen) atoms. The molecule has 1 saturated heterocycles. The minimum absolute atomic E-state index is 0.0335. The average Bonchev–Trinajstić information content (AvgIpc) is 3.32. The highest BCUT2D eigenvalue weighted by Gasteiger charge is 2.54. The summed E-state index contributed by atoms with van der Waals surface area (Å²) >= 11 is 0. The molecule has 0 spiro atoms. The van der Waals surface area contributed by atoms with Crippen LogP contribution in [0.4, 0.5) is 13.2 Å². The van der Waals surface area contributed by atoms with Crippen LogP contribution in [0.15, 0.2) is 42.6 Å². The third-order valence-corrected chi connectivity index (χ3v) is 11.5. The van der Waals surface area contributed by atoms with Crippen molar-refractivity contribution >= 4 is 10.9 Å². The summed E-state index contributed by atoms with van der Waals surface area (Å²) in [7, 11) is -1.30. The van der Waals surface area contributed by atoms with Crippen molar-refractivity contribution in [2.75, 3.05) is 12.4 Å². The molecule has 2 fully saturated rings. The van der Waals surface area contributed by atoms with Gasteiger partial charge in [0.1, 0.15) is 11.7 Å². The van der Waals surface area contributed by atoms with Crippen LogP contribution in [0.3, 0.4) is 0 Å². The zero-order valence-corrected chi connectivity index (χ0v) is 21.9. The Morgan fingerprint density at radius 1 is 1.13 bits per heavy atom. The summed E-state index contributed by atoms with van der Waals surface area (Å²) in [5.41, 5.74) is 0.928. The zero-order valence-electron chi connectivity index (χ0n) is 21.0. The minimum Gasteiger partial charge on any atom is -0.395 e. The van der Waals surface area contributed by atoms with E-state index >= 15 is 0 Å². The second-order valence-electron chi connectivity index (χ2n) is 10.7. The van der Waals surface area contributed by atoms with Gasteiger partial charge in [0, 0.05) is 21.8 Å². The van der Waals surface area contributed by atoms with Crippen LogP contribution in [0.1, 0.15) is 42.2 Å². The molecule has 11 heteroatoms. The van der Waals surface area contributed by atoms with Crippen molar-refractivity contribution in [3.05, 3.63) is 71.2 Å². The fraction of sp³-hybridized carbons (Fsp3) is 0.481. The van der Waals surface area contributed by atoms with Crippen LogP contribution in [-0.4, -0.2) is 70.8 Å². The largest absolute Gasteiger partial charge is 0.395 e. The number of thiol groups is 1. The lowest BCUT2D eigenvalue weighted by Crippen LogP contribution is -2.55. The van der Waals surface area contributed by atoms with Gasteiger partial charge in [-0.3, -0.25) is 0 Å². The van der Waals surface area contributed by atoms with Crippen LogP contribution >= 0.6 is 10.9 Å². The SMILES string of the molecule is Cc1ccccc1[C@H]([SH]1C[C@H](O)[C@H](n2cc(-c3cc(F)c(F)c(F)c3)nn2)[C@@H](O)[C@H]1CO)C1(O)CC(C)C1. The molecule has 2 aliphatic rings. The van der Waals surface area contributed by atoms with Crippen LogP contribution in [0.2, 0.25) is 0 Å². The molecule has 7 nitrogen and oxygen atoms in total. The molecule has 1 unspecified atom stereocenters. The zero-order chi connectivity index (χ0) is 27.4. The predicted molar refractivity (Wildman–Crippen MR) is 138 cm³/mol. The van der Waals surface area contributed by atoms with Gasteiger partial charge in [0.05, 0.1) is 30.6 Å². The summed E-state index contributed by atoms with van der Waals surface area (Å²) in [6, 6.07) is 8.35. The lowest BCUT2D eigenvalue weighted by atomic mass is 9.68. The van der Waals surface area contributed by atoms with E-state index in [9.17, 15) is 33.6 Å². The van der Waals surface area contributed by atoms with Crippen molar-refractivity contribution in [2.24, 2.45) is 5.92 Å². The first kappa shape index (κ1) is 27.1. The molecule has 4 N–H and O–H groups in total. The maximum atomic E-state index is 13.8. The summed E-state index contributed by atoms with van der Waals surface area (Å²) in [6.45, 7) is 3.68. The molecule has 1 saturated carbocycles. The van der Waals surface area contributed by atoms with Crippen molar-refractivity contribution in [1.82, 2.24) is 15.0 Å². The van der Waals surface area contributed by atoms with Crippen LogP contribution in [-0.2, 0) is 0 Å². The third kappa shape index (κ3) is 4.64. The molecule has 0 bridgehead atoms. The Bertz CT molecular complexity index is 1300. The molecule has 5 rings (SSSR count). The van der Waals surface area contributed by atoms with E-state index in [1.807, 2.05) is 31.2 Å². The summed E-state index contributed by atoms with van der Waals surface area (Å²) in [6.07, 6.45) is 0.179. The molecular formula is C27H32F3N3O4S. The third-order valence-electron chi connectivity index (χ3n) is 7.97. The Kier molecular flexibility index (Phi) is 7.34. The van der Waals surface area contributed by atoms with E-state index in [2.05, 4.69) is 17.2 Å². The van der Waals surface area contributed by atoms with Crippen LogP contribution < -0.4 is 0 Å². The molecule has 2 aromatic carbocycles. The van der Waals surface area contributed by atoms with Gasteiger partial charge in [-0.25, -0.2) is 28.7 Å². The Morgan fingerprint density at radius 3 is 2.39 bits per heavy atom. The van der Waals surface area contributed by atoms with Crippen molar-refractivity contribution in [3.8, 4) is 11.3 Å². The Balaban J connectivity index is 1.48. The highest BCUT2D eigenvalue weighted by Crippen LogP contribution is 2.62. The maximum Gasteiger partial charge on any atom is 0.194 e. The van der Waals surface area contributed by atoms with Crippen molar-refractivity contribution in [1.29, 1.82) is 0 Å². The van der Waals surface area contributed by atoms with E-state index in [1.165, 1.54) is 10.9 Å². The first-order chi connectivity index (χ1) is 18.0. The predicted octanol–water partition coefficient (Wildman–Crippen LogP) is 3.21. The molecule has 6 atom stereocenters. The van der Waals surface area contributed by atoms with Gasteiger partial charge in [0.15, 0.2) is 17.5 Å². The molecule has 0 amide bonds. The van der Waals surface area contributed by atoms with E-state index in [1.54, 1.807) is 0 Å². The molecule has 1 aromatic heterocycles. The molecule has 0 radical (unpaired) electrons. The fourth-order valence-electron chi connectivity index (χ4n) is 6.25. The van der Waals surface area contributed by atoms with Crippen LogP contribution in [0.25, 0.3) is 11.3 Å². The summed E-state index contributed by atoms with van der Waals surface area (Å²) in [5.74, 6) is -3.76. The number of aromatic nitrogens is 3. The second-order valence-corrected chi connectivity index (χ2v) is 13.3. The molecule has 1 aliphatic carbocycles. The van der Waals surface area contributed by atoms with Gasteiger partial charge in [-0.15, -0.1) is 5.10 Å². The van der Waals surface area contributed by atoms with Crippen LogP contribution in [0, 0.1) is 30.3 Å². The van der Waals surface area contributed by atoms with E-state index < -0.39 is 57.4 Å². The number of nitrogens with zero attached hydrogens (tertiary/aromatic N) is 3. The Hall–Kier alpha value is -2.44. The van der Waals surface area contributed by atoms with Gasteiger partial charge in [0.2, 0.25) is 0 Å². The number of benzene rings is 2. The normalized spacial score (nSPS) is 33.1. The standard InChI is InChI=1S/C27H32F3N3O4S/c1-14-9-27(37,10-14)26(17-6-4-3-5-15(17)2)38-13-21(35)24(25(36)22(38)12-34)33-11-20(31-32-33)16-7-18(28)23(30)19(29)8-16/h3-8,11,14,21-22,24-26,34-38H,9-10,12-13H2,1-2H3/t14?,21-,22+,24-,25-,26-,27?/m0/s1. The van der Waals surface area contributed by atoms with Crippen molar-refractivity contribution < 1.29 is 33.6 Å². The number of hydrogen-bond acceptors (Lipinski definition) is 6. The average molecular weight is 552 g/mol. The Morgan fingerprint density at radius 2 is 1.79 bits per heavy atom.